The van der Waals surface area contributed by atoms with Crippen LogP contribution in [0.5, 0.6) is 0 Å². The minimum atomic E-state index is -1.21. The summed E-state index contributed by atoms with van der Waals surface area (Å²) in [4.78, 5) is 34.8. The topological polar surface area (TPSA) is 128 Å². The van der Waals surface area contributed by atoms with Gasteiger partial charge in [0.15, 0.2) is 0 Å². The van der Waals surface area contributed by atoms with Gasteiger partial charge in [0.25, 0.3) is 5.91 Å². The highest BCUT2D eigenvalue weighted by Crippen LogP contribution is 2.28. The lowest BCUT2D eigenvalue weighted by Gasteiger charge is -2.18. The van der Waals surface area contributed by atoms with Crippen molar-refractivity contribution < 1.29 is 24.6 Å². The number of hydrogen-bond acceptors (Lipinski definition) is 3. The highest BCUT2D eigenvalue weighted by Gasteiger charge is 2.15. The standard InChI is InChI=1S/C26H27N3O5/c30-24(28-17-23(29-26(33)34)12-7-13-27-25(31)32)22-15-20(18-8-3-1-4-9-18)14-21(16-22)19-10-5-2-6-11-19/h1-6,8-11,14-16,23,27,29H,7,12-13,17H2,(H,28,30)(H,31,32)(H,33,34)/t23-/m0/s1. The van der Waals surface area contributed by atoms with Crippen molar-refractivity contribution in [1.29, 1.82) is 0 Å². The van der Waals surface area contributed by atoms with Crippen LogP contribution in [-0.4, -0.2) is 47.4 Å². The van der Waals surface area contributed by atoms with Crippen molar-refractivity contribution in [3.05, 3.63) is 84.4 Å². The second-order valence-electron chi connectivity index (χ2n) is 7.76. The number of nitrogens with one attached hydrogen (secondary N) is 3. The molecule has 34 heavy (non-hydrogen) atoms. The van der Waals surface area contributed by atoms with Crippen molar-refractivity contribution in [3.8, 4) is 22.3 Å². The quantitative estimate of drug-likeness (QED) is 0.285. The van der Waals surface area contributed by atoms with Gasteiger partial charge in [-0.15, -0.1) is 0 Å². The molecule has 0 saturated heterocycles. The molecule has 8 nitrogen and oxygen atoms in total. The largest absolute Gasteiger partial charge is 0.465 e. The summed E-state index contributed by atoms with van der Waals surface area (Å²) in [6.45, 7) is 0.273. The Morgan fingerprint density at radius 1 is 0.706 bits per heavy atom. The van der Waals surface area contributed by atoms with Gasteiger partial charge in [-0.05, 0) is 53.3 Å². The first-order valence-corrected chi connectivity index (χ1v) is 10.9. The molecule has 0 unspecified atom stereocenters. The molecule has 3 aromatic rings. The molecule has 3 amide bonds. The van der Waals surface area contributed by atoms with Crippen molar-refractivity contribution >= 4 is 18.1 Å². The summed E-state index contributed by atoms with van der Waals surface area (Å²) in [5, 5.41) is 25.2. The van der Waals surface area contributed by atoms with Crippen LogP contribution in [0.25, 0.3) is 22.3 Å². The predicted octanol–water partition coefficient (Wildman–Crippen LogP) is 4.43. The van der Waals surface area contributed by atoms with Gasteiger partial charge in [-0.1, -0.05) is 60.7 Å². The number of carbonyl (C=O) groups is 3. The van der Waals surface area contributed by atoms with E-state index in [1.807, 2.05) is 78.9 Å². The molecule has 0 aliphatic carbocycles. The van der Waals surface area contributed by atoms with Gasteiger partial charge in [0, 0.05) is 24.7 Å². The number of carboxylic acid groups (broad SMARTS) is 2. The maximum Gasteiger partial charge on any atom is 0.404 e. The second kappa shape index (κ2) is 12.1. The first-order valence-electron chi connectivity index (χ1n) is 10.9. The van der Waals surface area contributed by atoms with E-state index in [1.54, 1.807) is 0 Å². The first-order chi connectivity index (χ1) is 16.4. The summed E-state index contributed by atoms with van der Waals surface area (Å²) >= 11 is 0. The summed E-state index contributed by atoms with van der Waals surface area (Å²) in [7, 11) is 0. The lowest BCUT2D eigenvalue weighted by molar-refractivity contribution is 0.0947. The Morgan fingerprint density at radius 2 is 1.26 bits per heavy atom. The number of benzene rings is 3. The summed E-state index contributed by atoms with van der Waals surface area (Å²) in [6, 6.07) is 24.6. The van der Waals surface area contributed by atoms with Gasteiger partial charge < -0.3 is 26.2 Å². The molecule has 5 N–H and O–H groups in total. The second-order valence-corrected chi connectivity index (χ2v) is 7.76. The van der Waals surface area contributed by atoms with Crippen LogP contribution < -0.4 is 16.0 Å². The van der Waals surface area contributed by atoms with Crippen molar-refractivity contribution in [3.63, 3.8) is 0 Å². The van der Waals surface area contributed by atoms with Crippen LogP contribution in [0.2, 0.25) is 0 Å². The third kappa shape index (κ3) is 7.37. The molecule has 3 aromatic carbocycles. The van der Waals surface area contributed by atoms with Crippen LogP contribution >= 0.6 is 0 Å². The molecule has 0 heterocycles. The van der Waals surface area contributed by atoms with Crippen LogP contribution in [0.3, 0.4) is 0 Å². The molecular formula is C26H27N3O5. The van der Waals surface area contributed by atoms with E-state index in [0.29, 0.717) is 18.4 Å². The molecule has 0 spiro atoms. The average molecular weight is 462 g/mol. The molecule has 8 heteroatoms. The fraction of sp³-hybridized carbons (Fsp3) is 0.192. The molecule has 1 atom stereocenters. The Balaban J connectivity index is 1.78. The van der Waals surface area contributed by atoms with Gasteiger partial charge in [0.2, 0.25) is 0 Å². The van der Waals surface area contributed by atoms with E-state index in [9.17, 15) is 14.4 Å². The fourth-order valence-corrected chi connectivity index (χ4v) is 3.61. The maximum atomic E-state index is 13.0. The minimum absolute atomic E-state index is 0.0778. The number of carbonyl (C=O) groups excluding carboxylic acids is 1. The fourth-order valence-electron chi connectivity index (χ4n) is 3.61. The van der Waals surface area contributed by atoms with E-state index in [1.165, 1.54) is 0 Å². The average Bonchev–Trinajstić information content (AvgIpc) is 2.85. The van der Waals surface area contributed by atoms with Crippen LogP contribution in [0.4, 0.5) is 9.59 Å². The normalized spacial score (nSPS) is 11.3. The van der Waals surface area contributed by atoms with Gasteiger partial charge in [-0.2, -0.15) is 0 Å². The van der Waals surface area contributed by atoms with Gasteiger partial charge in [-0.25, -0.2) is 9.59 Å². The van der Waals surface area contributed by atoms with Crippen LogP contribution in [0.15, 0.2) is 78.9 Å². The van der Waals surface area contributed by atoms with E-state index in [-0.39, 0.29) is 19.0 Å². The van der Waals surface area contributed by atoms with Crippen molar-refractivity contribution in [1.82, 2.24) is 16.0 Å². The zero-order valence-corrected chi connectivity index (χ0v) is 18.5. The van der Waals surface area contributed by atoms with E-state index in [4.69, 9.17) is 10.2 Å². The van der Waals surface area contributed by atoms with Gasteiger partial charge >= 0.3 is 12.2 Å². The molecule has 0 radical (unpaired) electrons. The van der Waals surface area contributed by atoms with Crippen LogP contribution in [0.1, 0.15) is 23.2 Å². The van der Waals surface area contributed by atoms with Crippen molar-refractivity contribution in [2.24, 2.45) is 0 Å². The molecule has 0 bridgehead atoms. The van der Waals surface area contributed by atoms with E-state index < -0.39 is 18.2 Å². The van der Waals surface area contributed by atoms with E-state index in [2.05, 4.69) is 16.0 Å². The molecule has 176 valence electrons. The molecular weight excluding hydrogens is 434 g/mol. The SMILES string of the molecule is O=C(O)NCCC[C@@H](CNC(=O)c1cc(-c2ccccc2)cc(-c2ccccc2)c1)NC(=O)O. The highest BCUT2D eigenvalue weighted by atomic mass is 16.4. The molecule has 0 aliphatic rings. The molecule has 0 aromatic heterocycles. The third-order valence-electron chi connectivity index (χ3n) is 5.25. The third-order valence-corrected chi connectivity index (χ3v) is 5.25. The monoisotopic (exact) mass is 461 g/mol. The van der Waals surface area contributed by atoms with E-state index >= 15 is 0 Å². The summed E-state index contributed by atoms with van der Waals surface area (Å²) in [5.41, 5.74) is 4.21. The zero-order chi connectivity index (χ0) is 24.3. The Bertz CT molecular complexity index is 1060. The smallest absolute Gasteiger partial charge is 0.404 e. The lowest BCUT2D eigenvalue weighted by atomic mass is 9.96. The van der Waals surface area contributed by atoms with Crippen molar-refractivity contribution in [2.75, 3.05) is 13.1 Å². The number of rotatable bonds is 10. The summed E-state index contributed by atoms with van der Waals surface area (Å²) in [6.07, 6.45) is -1.55. The van der Waals surface area contributed by atoms with E-state index in [0.717, 1.165) is 22.3 Å². The Labute approximate surface area is 197 Å². The van der Waals surface area contributed by atoms with Crippen LogP contribution in [0, 0.1) is 0 Å². The molecule has 0 saturated carbocycles. The van der Waals surface area contributed by atoms with Crippen molar-refractivity contribution in [2.45, 2.75) is 18.9 Å². The zero-order valence-electron chi connectivity index (χ0n) is 18.5. The van der Waals surface area contributed by atoms with Gasteiger partial charge in [0.1, 0.15) is 0 Å². The predicted molar refractivity (Wildman–Crippen MR) is 130 cm³/mol. The lowest BCUT2D eigenvalue weighted by Crippen LogP contribution is -2.43. The summed E-state index contributed by atoms with van der Waals surface area (Å²) < 4.78 is 0. The Kier molecular flexibility index (Phi) is 8.62. The van der Waals surface area contributed by atoms with Gasteiger partial charge in [0.05, 0.1) is 0 Å². The maximum absolute atomic E-state index is 13.0. The molecule has 0 fully saturated rings. The Morgan fingerprint density at radius 3 is 1.76 bits per heavy atom. The number of amides is 3. The Hall–Kier alpha value is -4.33. The van der Waals surface area contributed by atoms with Gasteiger partial charge in [-0.3, -0.25) is 4.79 Å². The van der Waals surface area contributed by atoms with Crippen LogP contribution in [-0.2, 0) is 0 Å². The summed E-state index contributed by atoms with van der Waals surface area (Å²) in [5.74, 6) is -0.323. The molecule has 3 rings (SSSR count). The highest BCUT2D eigenvalue weighted by molar-refractivity contribution is 5.97. The molecule has 0 aliphatic heterocycles. The number of hydrogen-bond donors (Lipinski definition) is 5. The first kappa shape index (κ1) is 24.3. The minimum Gasteiger partial charge on any atom is -0.465 e.